The lowest BCUT2D eigenvalue weighted by atomic mass is 9.96. The van der Waals surface area contributed by atoms with Crippen LogP contribution < -0.4 is 20.8 Å². The van der Waals surface area contributed by atoms with E-state index in [-0.39, 0.29) is 17.7 Å². The van der Waals surface area contributed by atoms with Crippen LogP contribution in [0.3, 0.4) is 0 Å². The maximum atomic E-state index is 12.6. The molecule has 2 amide bonds. The maximum absolute atomic E-state index is 12.6. The van der Waals surface area contributed by atoms with Crippen LogP contribution in [-0.2, 0) is 0 Å². The van der Waals surface area contributed by atoms with Crippen LogP contribution >= 0.6 is 11.6 Å². The van der Waals surface area contributed by atoms with Crippen molar-refractivity contribution < 1.29 is 19.4 Å². The average Bonchev–Trinajstić information content (AvgIpc) is 2.63. The highest BCUT2D eigenvalue weighted by Crippen LogP contribution is 2.24. The first kappa shape index (κ1) is 19.8. The minimum atomic E-state index is -0.488. The van der Waals surface area contributed by atoms with Gasteiger partial charge in [0.1, 0.15) is 13.6 Å². The number of anilines is 1. The van der Waals surface area contributed by atoms with Crippen LogP contribution in [0.4, 0.5) is 5.69 Å². The zero-order valence-corrected chi connectivity index (χ0v) is 15.1. The number of nitrogens with one attached hydrogen (secondary N) is 2. The van der Waals surface area contributed by atoms with Crippen LogP contribution in [0, 0.1) is 0 Å². The van der Waals surface area contributed by atoms with Gasteiger partial charge in [-0.25, -0.2) is 0 Å². The van der Waals surface area contributed by atoms with Crippen molar-refractivity contribution in [1.82, 2.24) is 5.32 Å². The van der Waals surface area contributed by atoms with E-state index in [0.717, 1.165) is 0 Å². The molecule has 0 saturated carbocycles. The quantitative estimate of drug-likeness (QED) is 0.671. The molecule has 0 bridgehead atoms. The number of hydrogen-bond donors (Lipinski definition) is 3. The Kier molecular flexibility index (Phi) is 6.66. The highest BCUT2D eigenvalue weighted by Gasteiger charge is 2.18. The third-order valence-corrected chi connectivity index (χ3v) is 3.91. The van der Waals surface area contributed by atoms with Gasteiger partial charge in [-0.1, -0.05) is 23.1 Å². The van der Waals surface area contributed by atoms with Crippen molar-refractivity contribution in [3.05, 3.63) is 52.5 Å². The van der Waals surface area contributed by atoms with Gasteiger partial charge in [-0.3, -0.25) is 9.59 Å². The van der Waals surface area contributed by atoms with E-state index in [1.54, 1.807) is 19.1 Å². The summed E-state index contributed by atoms with van der Waals surface area (Å²) in [4.78, 5) is 24.8. The fraction of sp³-hybridized carbons (Fsp3) is 0.222. The van der Waals surface area contributed by atoms with Gasteiger partial charge in [-0.15, -0.1) is 0 Å². The molecule has 0 aliphatic rings. The summed E-state index contributed by atoms with van der Waals surface area (Å²) in [6.07, 6.45) is 0. The Labute approximate surface area is 157 Å². The number of methoxy groups -OCH3 is 1. The van der Waals surface area contributed by atoms with Gasteiger partial charge in [0.05, 0.1) is 30.0 Å². The lowest BCUT2D eigenvalue weighted by molar-refractivity contribution is 0.0922. The van der Waals surface area contributed by atoms with Crippen molar-refractivity contribution in [3.8, 4) is 5.75 Å². The van der Waals surface area contributed by atoms with E-state index in [1.807, 2.05) is 0 Å². The number of carbonyl (C=O) groups excluding carboxylic acids is 2. The van der Waals surface area contributed by atoms with E-state index in [0.29, 0.717) is 21.9 Å². The van der Waals surface area contributed by atoms with Gasteiger partial charge < -0.3 is 20.5 Å². The molecule has 2 aromatic rings. The van der Waals surface area contributed by atoms with Crippen molar-refractivity contribution in [3.63, 3.8) is 0 Å². The van der Waals surface area contributed by atoms with Crippen LogP contribution in [0.1, 0.15) is 27.6 Å². The molecule has 0 spiro atoms. The highest BCUT2D eigenvalue weighted by atomic mass is 35.5. The largest absolute Gasteiger partial charge is 0.496 e. The maximum Gasteiger partial charge on any atom is 0.259 e. The zero-order valence-electron chi connectivity index (χ0n) is 14.4. The van der Waals surface area contributed by atoms with Crippen LogP contribution in [0.5, 0.6) is 5.75 Å². The van der Waals surface area contributed by atoms with Gasteiger partial charge >= 0.3 is 0 Å². The smallest absolute Gasteiger partial charge is 0.259 e. The molecule has 6 nitrogen and oxygen atoms in total. The number of hydrogen-bond acceptors (Lipinski definition) is 4. The van der Waals surface area contributed by atoms with Gasteiger partial charge in [-0.05, 0) is 37.3 Å². The fourth-order valence-electron chi connectivity index (χ4n) is 2.20. The third kappa shape index (κ3) is 4.77. The second kappa shape index (κ2) is 8.73. The topological polar surface area (TPSA) is 87.7 Å². The lowest BCUT2D eigenvalue weighted by Gasteiger charge is -2.14. The molecule has 0 heterocycles. The van der Waals surface area contributed by atoms with Crippen molar-refractivity contribution in [2.45, 2.75) is 13.0 Å². The summed E-state index contributed by atoms with van der Waals surface area (Å²) in [5.41, 5.74) is 1.29. The number of aliphatic hydroxyl groups excluding tert-OH is 1. The molecule has 0 fully saturated rings. The Balaban J connectivity index is 2.29. The third-order valence-electron chi connectivity index (χ3n) is 3.60. The summed E-state index contributed by atoms with van der Waals surface area (Å²) in [6.45, 7) is 1.48. The van der Waals surface area contributed by atoms with E-state index in [2.05, 4.69) is 10.6 Å². The number of carbonyl (C=O) groups is 2. The molecular formula is C18H18BClN2O4. The van der Waals surface area contributed by atoms with E-state index < -0.39 is 17.9 Å². The van der Waals surface area contributed by atoms with E-state index >= 15 is 0 Å². The van der Waals surface area contributed by atoms with Gasteiger partial charge in [0.25, 0.3) is 11.8 Å². The first-order valence-corrected chi connectivity index (χ1v) is 8.19. The summed E-state index contributed by atoms with van der Waals surface area (Å²) in [5, 5.41) is 14.6. The van der Waals surface area contributed by atoms with Gasteiger partial charge in [0.2, 0.25) is 0 Å². The summed E-state index contributed by atoms with van der Waals surface area (Å²) < 4.78 is 5.21. The number of halogens is 1. The SMILES string of the molecule is [B]c1ccc(NC(=O)c2cc(C(=O)NC(C)CO)ccc2OC)c(Cl)c1. The van der Waals surface area contributed by atoms with Crippen molar-refractivity contribution in [1.29, 1.82) is 0 Å². The second-order valence-corrected chi connectivity index (χ2v) is 6.07. The van der Waals surface area contributed by atoms with E-state index in [1.165, 1.54) is 31.4 Å². The number of ether oxygens (including phenoxy) is 1. The lowest BCUT2D eigenvalue weighted by Crippen LogP contribution is -2.35. The molecule has 2 rings (SSSR count). The highest BCUT2D eigenvalue weighted by molar-refractivity contribution is 6.38. The molecule has 0 aliphatic carbocycles. The molecule has 8 heteroatoms. The molecule has 2 aromatic carbocycles. The number of benzene rings is 2. The minimum absolute atomic E-state index is 0.171. The Morgan fingerprint density at radius 2 is 1.96 bits per heavy atom. The van der Waals surface area contributed by atoms with E-state index in [9.17, 15) is 9.59 Å². The van der Waals surface area contributed by atoms with Crippen LogP contribution in [0.15, 0.2) is 36.4 Å². The molecule has 2 radical (unpaired) electrons. The molecule has 0 saturated heterocycles. The van der Waals surface area contributed by atoms with Crippen molar-refractivity contribution in [2.75, 3.05) is 19.0 Å². The molecule has 134 valence electrons. The first-order chi connectivity index (χ1) is 12.3. The number of aliphatic hydroxyl groups is 1. The van der Waals surface area contributed by atoms with E-state index in [4.69, 9.17) is 29.3 Å². The molecule has 0 aliphatic heterocycles. The normalized spacial score (nSPS) is 11.5. The van der Waals surface area contributed by atoms with Gasteiger partial charge in [-0.2, -0.15) is 0 Å². The zero-order chi connectivity index (χ0) is 19.3. The summed E-state index contributed by atoms with van der Waals surface area (Å²) in [7, 11) is 7.07. The Bertz CT molecular complexity index is 829. The predicted octanol–water partition coefficient (Wildman–Crippen LogP) is 1.51. The number of amides is 2. The standard InChI is InChI=1S/C18H18BClN2O4/c1-10(9-23)21-17(24)11-3-6-16(26-2)13(7-11)18(25)22-15-5-4-12(19)8-14(15)20/h3-8,10,23H,9H2,1-2H3,(H,21,24)(H,22,25). The van der Waals surface area contributed by atoms with Crippen molar-refractivity contribution in [2.24, 2.45) is 0 Å². The molecular weight excluding hydrogens is 354 g/mol. The molecule has 26 heavy (non-hydrogen) atoms. The molecule has 3 N–H and O–H groups in total. The average molecular weight is 373 g/mol. The summed E-state index contributed by atoms with van der Waals surface area (Å²) in [5.74, 6) is -0.590. The fourth-order valence-corrected chi connectivity index (χ4v) is 2.44. The summed E-state index contributed by atoms with van der Waals surface area (Å²) in [6, 6.07) is 8.78. The second-order valence-electron chi connectivity index (χ2n) is 5.67. The monoisotopic (exact) mass is 372 g/mol. The van der Waals surface area contributed by atoms with Crippen LogP contribution in [0.25, 0.3) is 0 Å². The Morgan fingerprint density at radius 3 is 2.58 bits per heavy atom. The predicted molar refractivity (Wildman–Crippen MR) is 102 cm³/mol. The summed E-state index contributed by atoms with van der Waals surface area (Å²) >= 11 is 6.08. The van der Waals surface area contributed by atoms with Gasteiger partial charge in [0, 0.05) is 11.6 Å². The van der Waals surface area contributed by atoms with Crippen LogP contribution in [0.2, 0.25) is 5.02 Å². The number of rotatable bonds is 6. The first-order valence-electron chi connectivity index (χ1n) is 7.81. The molecule has 1 atom stereocenters. The molecule has 1 unspecified atom stereocenters. The molecule has 0 aromatic heterocycles. The van der Waals surface area contributed by atoms with Crippen LogP contribution in [-0.4, -0.2) is 44.5 Å². The van der Waals surface area contributed by atoms with Crippen molar-refractivity contribution >= 4 is 42.4 Å². The minimum Gasteiger partial charge on any atom is -0.496 e. The van der Waals surface area contributed by atoms with Gasteiger partial charge in [0.15, 0.2) is 0 Å². The Hall–Kier alpha value is -2.51. The Morgan fingerprint density at radius 1 is 1.23 bits per heavy atom.